The molecular formula is C6H9BrN2. The molecule has 0 bridgehead atoms. The summed E-state index contributed by atoms with van der Waals surface area (Å²) in [5, 5.41) is 0. The van der Waals surface area contributed by atoms with Gasteiger partial charge in [-0.15, -0.1) is 0 Å². The summed E-state index contributed by atoms with van der Waals surface area (Å²) in [6.45, 7) is 5.28. The summed E-state index contributed by atoms with van der Waals surface area (Å²) in [6, 6.07) is 0. The predicted octanol–water partition coefficient (Wildman–Crippen LogP) is 1.79. The quantitative estimate of drug-likeness (QED) is 0.521. The zero-order valence-electron chi connectivity index (χ0n) is 5.26. The van der Waals surface area contributed by atoms with Crippen LogP contribution in [-0.2, 0) is 0 Å². The first-order chi connectivity index (χ1) is 4.16. The van der Waals surface area contributed by atoms with Crippen molar-refractivity contribution in [2.24, 2.45) is 10.7 Å². The highest BCUT2D eigenvalue weighted by atomic mass is 79.9. The maximum absolute atomic E-state index is 5.36. The maximum atomic E-state index is 5.36. The number of halogens is 1. The van der Waals surface area contributed by atoms with Gasteiger partial charge < -0.3 is 5.73 Å². The molecule has 9 heavy (non-hydrogen) atoms. The third kappa shape index (κ3) is 5.30. The van der Waals surface area contributed by atoms with Gasteiger partial charge in [-0.2, -0.15) is 0 Å². The van der Waals surface area contributed by atoms with Gasteiger partial charge in [0.1, 0.15) is 5.82 Å². The first-order valence-corrected chi connectivity index (χ1v) is 3.25. The van der Waals surface area contributed by atoms with E-state index in [1.807, 2.05) is 6.92 Å². The summed E-state index contributed by atoms with van der Waals surface area (Å²) in [4.78, 5) is 3.87. The molecule has 0 unspecified atom stereocenters. The Labute approximate surface area is 63.3 Å². The molecule has 0 heterocycles. The fraction of sp³-hybridized carbons (Fsp3) is 0.167. The van der Waals surface area contributed by atoms with Crippen molar-refractivity contribution in [3.8, 4) is 0 Å². The Balaban J connectivity index is 4.05. The molecular weight excluding hydrogens is 180 g/mol. The number of allylic oxidation sites excluding steroid dienone is 2. The maximum Gasteiger partial charge on any atom is 0.124 e. The number of hydrogen-bond acceptors (Lipinski definition) is 2. The van der Waals surface area contributed by atoms with Gasteiger partial charge in [0.25, 0.3) is 0 Å². The van der Waals surface area contributed by atoms with Crippen LogP contribution in [0.3, 0.4) is 0 Å². The van der Waals surface area contributed by atoms with Gasteiger partial charge in [0, 0.05) is 0 Å². The van der Waals surface area contributed by atoms with Gasteiger partial charge in [-0.05, 0) is 28.9 Å². The Morgan fingerprint density at radius 3 is 2.67 bits per heavy atom. The van der Waals surface area contributed by atoms with Gasteiger partial charge in [0.15, 0.2) is 0 Å². The van der Waals surface area contributed by atoms with E-state index in [4.69, 9.17) is 5.73 Å². The van der Waals surface area contributed by atoms with Crippen LogP contribution in [0, 0.1) is 0 Å². The Morgan fingerprint density at radius 2 is 2.33 bits per heavy atom. The standard InChI is InChI=1S/C6H9BrN2/c1-3-4-6(8)9-5(2)7/h3-4H,1,8H2,2H3/b6-4-,9-5?. The Bertz CT molecular complexity index is 154. The Kier molecular flexibility index (Phi) is 4.05. The molecule has 0 rings (SSSR count). The molecule has 0 fully saturated rings. The van der Waals surface area contributed by atoms with Crippen LogP contribution in [0.5, 0.6) is 0 Å². The molecule has 0 aromatic carbocycles. The van der Waals surface area contributed by atoms with E-state index in [0.717, 1.165) is 4.62 Å². The zero-order chi connectivity index (χ0) is 7.28. The molecule has 2 nitrogen and oxygen atoms in total. The van der Waals surface area contributed by atoms with Gasteiger partial charge in [0.2, 0.25) is 0 Å². The van der Waals surface area contributed by atoms with Crippen molar-refractivity contribution in [3.05, 3.63) is 24.6 Å². The van der Waals surface area contributed by atoms with Crippen molar-refractivity contribution in [1.29, 1.82) is 0 Å². The van der Waals surface area contributed by atoms with Crippen LogP contribution < -0.4 is 5.73 Å². The Morgan fingerprint density at radius 1 is 1.78 bits per heavy atom. The number of rotatable bonds is 2. The van der Waals surface area contributed by atoms with Crippen LogP contribution in [0.15, 0.2) is 29.5 Å². The van der Waals surface area contributed by atoms with Gasteiger partial charge in [-0.3, -0.25) is 0 Å². The fourth-order valence-electron chi connectivity index (χ4n) is 0.336. The van der Waals surface area contributed by atoms with Gasteiger partial charge >= 0.3 is 0 Å². The van der Waals surface area contributed by atoms with Crippen LogP contribution in [0.1, 0.15) is 6.92 Å². The third-order valence-corrected chi connectivity index (χ3v) is 0.749. The molecule has 0 aliphatic heterocycles. The highest BCUT2D eigenvalue weighted by molar-refractivity contribution is 9.18. The van der Waals surface area contributed by atoms with Crippen molar-refractivity contribution in [3.63, 3.8) is 0 Å². The van der Waals surface area contributed by atoms with E-state index < -0.39 is 0 Å². The van der Waals surface area contributed by atoms with E-state index in [-0.39, 0.29) is 0 Å². The smallest absolute Gasteiger partial charge is 0.124 e. The zero-order valence-corrected chi connectivity index (χ0v) is 6.85. The molecule has 0 aliphatic carbocycles. The van der Waals surface area contributed by atoms with E-state index in [0.29, 0.717) is 5.82 Å². The number of nitrogens with zero attached hydrogens (tertiary/aromatic N) is 1. The second-order valence-electron chi connectivity index (χ2n) is 1.44. The summed E-state index contributed by atoms with van der Waals surface area (Å²) < 4.78 is 0.762. The topological polar surface area (TPSA) is 38.4 Å². The molecule has 0 aromatic rings. The first-order valence-electron chi connectivity index (χ1n) is 2.46. The largest absolute Gasteiger partial charge is 0.384 e. The minimum absolute atomic E-state index is 0.458. The highest BCUT2D eigenvalue weighted by Crippen LogP contribution is 1.93. The minimum atomic E-state index is 0.458. The first kappa shape index (κ1) is 8.43. The molecule has 0 spiro atoms. The highest BCUT2D eigenvalue weighted by Gasteiger charge is 1.81. The number of nitrogens with two attached hydrogens (primary N) is 1. The van der Waals surface area contributed by atoms with Gasteiger partial charge in [-0.1, -0.05) is 12.7 Å². The van der Waals surface area contributed by atoms with Crippen molar-refractivity contribution in [2.45, 2.75) is 6.92 Å². The normalized spacial score (nSPS) is 13.6. The molecule has 50 valence electrons. The van der Waals surface area contributed by atoms with E-state index in [9.17, 15) is 0 Å². The molecule has 0 saturated carbocycles. The van der Waals surface area contributed by atoms with E-state index in [2.05, 4.69) is 27.5 Å². The van der Waals surface area contributed by atoms with E-state index >= 15 is 0 Å². The van der Waals surface area contributed by atoms with Crippen LogP contribution in [0.2, 0.25) is 0 Å². The summed E-state index contributed by atoms with van der Waals surface area (Å²) in [6.07, 6.45) is 3.22. The lowest BCUT2D eigenvalue weighted by atomic mass is 10.5. The molecule has 0 radical (unpaired) electrons. The lowest BCUT2D eigenvalue weighted by Gasteiger charge is -1.88. The molecule has 2 N–H and O–H groups in total. The molecule has 0 saturated heterocycles. The monoisotopic (exact) mass is 188 g/mol. The molecule has 0 atom stereocenters. The Hall–Kier alpha value is -0.570. The van der Waals surface area contributed by atoms with Crippen LogP contribution in [0.4, 0.5) is 0 Å². The average Bonchev–Trinajstić information content (AvgIpc) is 1.63. The molecule has 0 amide bonds. The second kappa shape index (κ2) is 4.32. The number of aliphatic imine (C=N–C) groups is 1. The SMILES string of the molecule is C=C/C=C(/N)N=C(C)Br. The summed E-state index contributed by atoms with van der Waals surface area (Å²) in [7, 11) is 0. The van der Waals surface area contributed by atoms with E-state index in [1.165, 1.54) is 0 Å². The fourth-order valence-corrected chi connectivity index (χ4v) is 0.541. The summed E-state index contributed by atoms with van der Waals surface area (Å²) in [5.74, 6) is 0.458. The predicted molar refractivity (Wildman–Crippen MR) is 44.5 cm³/mol. The summed E-state index contributed by atoms with van der Waals surface area (Å²) >= 11 is 3.14. The summed E-state index contributed by atoms with van der Waals surface area (Å²) in [5.41, 5.74) is 5.36. The van der Waals surface area contributed by atoms with Gasteiger partial charge in [-0.25, -0.2) is 4.99 Å². The van der Waals surface area contributed by atoms with Crippen molar-refractivity contribution in [2.75, 3.05) is 0 Å². The van der Waals surface area contributed by atoms with Crippen LogP contribution in [0.25, 0.3) is 0 Å². The molecule has 0 aromatic heterocycles. The lowest BCUT2D eigenvalue weighted by molar-refractivity contribution is 1.25. The molecule has 0 aliphatic rings. The minimum Gasteiger partial charge on any atom is -0.384 e. The van der Waals surface area contributed by atoms with Crippen molar-refractivity contribution >= 4 is 20.6 Å². The lowest BCUT2D eigenvalue weighted by Crippen LogP contribution is -1.93. The third-order valence-electron chi connectivity index (χ3n) is 0.572. The number of hydrogen-bond donors (Lipinski definition) is 1. The van der Waals surface area contributed by atoms with Crippen molar-refractivity contribution in [1.82, 2.24) is 0 Å². The van der Waals surface area contributed by atoms with E-state index in [1.54, 1.807) is 12.2 Å². The van der Waals surface area contributed by atoms with Gasteiger partial charge in [0.05, 0.1) is 4.62 Å². The van der Waals surface area contributed by atoms with Crippen LogP contribution >= 0.6 is 15.9 Å². The van der Waals surface area contributed by atoms with Crippen molar-refractivity contribution < 1.29 is 0 Å². The van der Waals surface area contributed by atoms with Crippen LogP contribution in [-0.4, -0.2) is 4.62 Å². The average molecular weight is 189 g/mol. The molecule has 3 heteroatoms. The second-order valence-corrected chi connectivity index (χ2v) is 2.58.